The third kappa shape index (κ3) is 4.33. The van der Waals surface area contributed by atoms with Crippen molar-refractivity contribution in [3.8, 4) is 11.1 Å². The van der Waals surface area contributed by atoms with Gasteiger partial charge in [-0.05, 0) is 87.0 Å². The van der Waals surface area contributed by atoms with Gasteiger partial charge in [0.05, 0.1) is 5.56 Å². The van der Waals surface area contributed by atoms with Gasteiger partial charge in [-0.3, -0.25) is 4.79 Å². The largest absolute Gasteiger partial charge is 0.372 e. The van der Waals surface area contributed by atoms with Gasteiger partial charge < -0.3 is 14.7 Å². The van der Waals surface area contributed by atoms with E-state index in [1.54, 1.807) is 6.07 Å². The molecule has 0 spiro atoms. The summed E-state index contributed by atoms with van der Waals surface area (Å²) < 4.78 is 15.1. The number of carbonyl (C=O) groups excluding carboxylic acids is 1. The van der Waals surface area contributed by atoms with Crippen LogP contribution in [0, 0.1) is 5.82 Å². The van der Waals surface area contributed by atoms with Crippen molar-refractivity contribution in [2.24, 2.45) is 0 Å². The number of anilines is 1. The Morgan fingerprint density at radius 2 is 1.61 bits per heavy atom. The molecule has 0 aliphatic carbocycles. The molecular formula is C26H32FN3O. The van der Waals surface area contributed by atoms with E-state index in [0.29, 0.717) is 0 Å². The van der Waals surface area contributed by atoms with Crippen molar-refractivity contribution >= 4 is 11.6 Å². The molecule has 3 heterocycles. The summed E-state index contributed by atoms with van der Waals surface area (Å²) in [7, 11) is 0. The minimum Gasteiger partial charge on any atom is -0.372 e. The summed E-state index contributed by atoms with van der Waals surface area (Å²) in [6.45, 7) is 6.07. The quantitative estimate of drug-likeness (QED) is 0.694. The normalized spacial score (nSPS) is 21.9. The van der Waals surface area contributed by atoms with Crippen LogP contribution in [0.5, 0.6) is 0 Å². The molecular weight excluding hydrogens is 389 g/mol. The van der Waals surface area contributed by atoms with E-state index in [1.807, 2.05) is 23.1 Å². The Bertz CT molecular complexity index is 934. The Kier molecular flexibility index (Phi) is 5.95. The Morgan fingerprint density at radius 3 is 2.39 bits per heavy atom. The molecule has 1 unspecified atom stereocenters. The summed E-state index contributed by atoms with van der Waals surface area (Å²) in [4.78, 5) is 19.9. The van der Waals surface area contributed by atoms with Crippen molar-refractivity contribution < 1.29 is 9.18 Å². The third-order valence-electron chi connectivity index (χ3n) is 7.16. The SMILES string of the molecule is O=C(c1ccc(-c2cccc(N3CCCC3)c2)cc1F)N1CCCC1CN1CCCC1. The lowest BCUT2D eigenvalue weighted by Gasteiger charge is -2.28. The van der Waals surface area contributed by atoms with Gasteiger partial charge in [-0.15, -0.1) is 0 Å². The lowest BCUT2D eigenvalue weighted by molar-refractivity contribution is 0.0704. The number of carbonyl (C=O) groups is 1. The molecule has 1 amide bonds. The van der Waals surface area contributed by atoms with Crippen LogP contribution in [0.25, 0.3) is 11.1 Å². The van der Waals surface area contributed by atoms with Crippen LogP contribution in [0.15, 0.2) is 42.5 Å². The third-order valence-corrected chi connectivity index (χ3v) is 7.16. The highest BCUT2D eigenvalue weighted by Gasteiger charge is 2.32. The Morgan fingerprint density at radius 1 is 0.871 bits per heavy atom. The molecule has 0 N–H and O–H groups in total. The van der Waals surface area contributed by atoms with Crippen LogP contribution in [0.4, 0.5) is 10.1 Å². The zero-order valence-corrected chi connectivity index (χ0v) is 18.2. The molecule has 3 fully saturated rings. The predicted molar refractivity (Wildman–Crippen MR) is 123 cm³/mol. The summed E-state index contributed by atoms with van der Waals surface area (Å²) in [5.74, 6) is -0.572. The van der Waals surface area contributed by atoms with E-state index in [4.69, 9.17) is 0 Å². The van der Waals surface area contributed by atoms with Crippen LogP contribution in [-0.2, 0) is 0 Å². The van der Waals surface area contributed by atoms with E-state index in [0.717, 1.165) is 63.2 Å². The molecule has 1 atom stereocenters. The number of hydrogen-bond donors (Lipinski definition) is 0. The highest BCUT2D eigenvalue weighted by Crippen LogP contribution is 2.29. The maximum absolute atomic E-state index is 15.1. The second-order valence-electron chi connectivity index (χ2n) is 9.24. The maximum atomic E-state index is 15.1. The summed E-state index contributed by atoms with van der Waals surface area (Å²) in [6, 6.07) is 13.6. The minimum atomic E-state index is -0.416. The first-order chi connectivity index (χ1) is 15.2. The highest BCUT2D eigenvalue weighted by molar-refractivity contribution is 5.95. The molecule has 0 aromatic heterocycles. The van der Waals surface area contributed by atoms with Gasteiger partial charge in [-0.2, -0.15) is 0 Å². The number of hydrogen-bond acceptors (Lipinski definition) is 3. The number of benzene rings is 2. The zero-order chi connectivity index (χ0) is 21.2. The van der Waals surface area contributed by atoms with Gasteiger partial charge in [0.2, 0.25) is 0 Å². The fourth-order valence-corrected chi connectivity index (χ4v) is 5.44. The van der Waals surface area contributed by atoms with Crippen LogP contribution in [0.3, 0.4) is 0 Å². The van der Waals surface area contributed by atoms with Gasteiger partial charge in [0, 0.05) is 37.9 Å². The molecule has 2 aromatic carbocycles. The van der Waals surface area contributed by atoms with Crippen LogP contribution < -0.4 is 4.90 Å². The first-order valence-corrected chi connectivity index (χ1v) is 11.9. The molecule has 5 heteroatoms. The molecule has 0 saturated carbocycles. The standard InChI is InChI=1S/C26H32FN3O/c27-25-18-21(20-7-5-8-22(17-20)29-14-3-4-15-29)10-11-24(25)26(31)30-16-6-9-23(30)19-28-12-1-2-13-28/h5,7-8,10-11,17-18,23H,1-4,6,9,12-16,19H2. The van der Waals surface area contributed by atoms with Crippen LogP contribution >= 0.6 is 0 Å². The molecule has 164 valence electrons. The Labute approximate surface area is 184 Å². The van der Waals surface area contributed by atoms with Gasteiger partial charge in [0.15, 0.2) is 0 Å². The lowest BCUT2D eigenvalue weighted by atomic mass is 10.0. The molecule has 4 nitrogen and oxygen atoms in total. The van der Waals surface area contributed by atoms with Crippen molar-refractivity contribution in [3.05, 3.63) is 53.8 Å². The summed E-state index contributed by atoms with van der Waals surface area (Å²) in [5, 5.41) is 0. The summed E-state index contributed by atoms with van der Waals surface area (Å²) in [5.41, 5.74) is 3.21. The number of halogens is 1. The topological polar surface area (TPSA) is 26.8 Å². The van der Waals surface area contributed by atoms with E-state index in [9.17, 15) is 4.79 Å². The van der Waals surface area contributed by atoms with Gasteiger partial charge in [0.1, 0.15) is 5.82 Å². The Balaban J connectivity index is 1.33. The summed E-state index contributed by atoms with van der Waals surface area (Å²) >= 11 is 0. The molecule has 3 aliphatic heterocycles. The molecule has 3 aliphatic rings. The smallest absolute Gasteiger partial charge is 0.257 e. The number of amides is 1. The zero-order valence-electron chi connectivity index (χ0n) is 18.2. The Hall–Kier alpha value is -2.40. The predicted octanol–water partition coefficient (Wildman–Crippen LogP) is 4.79. The molecule has 3 saturated heterocycles. The van der Waals surface area contributed by atoms with Gasteiger partial charge >= 0.3 is 0 Å². The van der Waals surface area contributed by atoms with E-state index in [-0.39, 0.29) is 17.5 Å². The molecule has 2 aromatic rings. The minimum absolute atomic E-state index is 0.156. The number of rotatable bonds is 5. The van der Waals surface area contributed by atoms with Crippen LogP contribution in [0.2, 0.25) is 0 Å². The second kappa shape index (κ2) is 8.99. The number of nitrogens with zero attached hydrogens (tertiary/aromatic N) is 3. The second-order valence-corrected chi connectivity index (χ2v) is 9.24. The van der Waals surface area contributed by atoms with E-state index < -0.39 is 5.82 Å². The van der Waals surface area contributed by atoms with Crippen molar-refractivity contribution in [2.45, 2.75) is 44.6 Å². The van der Waals surface area contributed by atoms with Gasteiger partial charge in [0.25, 0.3) is 5.91 Å². The van der Waals surface area contributed by atoms with Gasteiger partial charge in [-0.1, -0.05) is 18.2 Å². The van der Waals surface area contributed by atoms with Gasteiger partial charge in [-0.25, -0.2) is 4.39 Å². The molecule has 0 bridgehead atoms. The monoisotopic (exact) mass is 421 g/mol. The van der Waals surface area contributed by atoms with Crippen LogP contribution in [-0.4, -0.2) is 61.0 Å². The average molecular weight is 422 g/mol. The first kappa shape index (κ1) is 20.5. The van der Waals surface area contributed by atoms with Crippen LogP contribution in [0.1, 0.15) is 48.9 Å². The highest BCUT2D eigenvalue weighted by atomic mass is 19.1. The van der Waals surface area contributed by atoms with Crippen molar-refractivity contribution in [1.29, 1.82) is 0 Å². The molecule has 5 rings (SSSR count). The van der Waals surface area contributed by atoms with E-state index in [1.165, 1.54) is 37.4 Å². The van der Waals surface area contributed by atoms with E-state index >= 15 is 4.39 Å². The van der Waals surface area contributed by atoms with E-state index in [2.05, 4.69) is 21.9 Å². The molecule has 0 radical (unpaired) electrons. The van der Waals surface area contributed by atoms with Crippen molar-refractivity contribution in [1.82, 2.24) is 9.80 Å². The fraction of sp³-hybridized carbons (Fsp3) is 0.500. The van der Waals surface area contributed by atoms with Crippen molar-refractivity contribution in [2.75, 3.05) is 44.2 Å². The summed E-state index contributed by atoms with van der Waals surface area (Å²) in [6.07, 6.45) is 6.97. The lowest BCUT2D eigenvalue weighted by Crippen LogP contribution is -2.42. The average Bonchev–Trinajstić information content (AvgIpc) is 3.57. The number of likely N-dealkylation sites (tertiary alicyclic amines) is 2. The first-order valence-electron chi connectivity index (χ1n) is 11.9. The maximum Gasteiger partial charge on any atom is 0.257 e. The fourth-order valence-electron chi connectivity index (χ4n) is 5.44. The van der Waals surface area contributed by atoms with Crippen molar-refractivity contribution in [3.63, 3.8) is 0 Å². The molecule has 31 heavy (non-hydrogen) atoms.